The maximum Gasteiger partial charge on any atom is 0.248 e. The van der Waals surface area contributed by atoms with E-state index in [2.05, 4.69) is 15.8 Å². The number of pyridine rings is 1. The fourth-order valence-corrected chi connectivity index (χ4v) is 5.04. The molecule has 0 atom stereocenters. The van der Waals surface area contributed by atoms with Crippen LogP contribution < -0.4 is 0 Å². The number of fused-ring (bicyclic) bond motifs is 1. The van der Waals surface area contributed by atoms with Crippen molar-refractivity contribution in [2.24, 2.45) is 5.92 Å². The Morgan fingerprint density at radius 2 is 1.83 bits per heavy atom. The van der Waals surface area contributed by atoms with Crippen LogP contribution in [-0.2, 0) is 11.9 Å². The van der Waals surface area contributed by atoms with Gasteiger partial charge >= 0.3 is 0 Å². The third-order valence-corrected chi connectivity index (χ3v) is 6.99. The first-order chi connectivity index (χ1) is 16.5. The minimum Gasteiger partial charge on any atom is -0.405 e. The smallest absolute Gasteiger partial charge is 0.248 e. The summed E-state index contributed by atoms with van der Waals surface area (Å²) < 4.78 is 34.9. The molecule has 1 N–H and O–H groups in total. The number of aromatic nitrogens is 3. The molecule has 5 nitrogen and oxygen atoms in total. The lowest BCUT2D eigenvalue weighted by Gasteiger charge is -2.28. The number of alkyl halides is 2. The lowest BCUT2D eigenvalue weighted by Crippen LogP contribution is -2.26. The van der Waals surface area contributed by atoms with Gasteiger partial charge in [0.05, 0.1) is 16.7 Å². The molecule has 4 radical (unpaired) electrons. The van der Waals surface area contributed by atoms with Crippen LogP contribution in [0, 0.1) is 19.8 Å². The molecule has 176 valence electrons. The van der Waals surface area contributed by atoms with E-state index in [0.717, 1.165) is 39.0 Å². The Labute approximate surface area is 205 Å². The lowest BCUT2D eigenvalue weighted by molar-refractivity contribution is -0.0472. The monoisotopic (exact) mass is 471 g/mol. The summed E-state index contributed by atoms with van der Waals surface area (Å²) >= 11 is 0. The average molecular weight is 471 g/mol. The number of benzene rings is 1. The number of aryl methyl sites for hydroxylation is 2. The molecular weight excluding hydrogens is 446 g/mol. The van der Waals surface area contributed by atoms with E-state index in [1.807, 2.05) is 32.2 Å². The second kappa shape index (κ2) is 8.63. The van der Waals surface area contributed by atoms with Crippen molar-refractivity contribution in [2.75, 3.05) is 0 Å². The SMILES string of the molecule is [B]C([B])(O)c1ccc(-c2cn(CC3CCC(F)(F)CC3)c3cc(-c4c(C)noc4C)cnc23)cc1. The summed E-state index contributed by atoms with van der Waals surface area (Å²) in [5.74, 6) is -1.69. The summed E-state index contributed by atoms with van der Waals surface area (Å²) in [6.45, 7) is 4.38. The molecule has 3 aromatic heterocycles. The van der Waals surface area contributed by atoms with Crippen molar-refractivity contribution in [3.63, 3.8) is 0 Å². The van der Waals surface area contributed by atoms with Crippen LogP contribution in [0.15, 0.2) is 47.2 Å². The van der Waals surface area contributed by atoms with Crippen LogP contribution in [0.5, 0.6) is 0 Å². The van der Waals surface area contributed by atoms with Crippen LogP contribution in [0.1, 0.15) is 42.7 Å². The van der Waals surface area contributed by atoms with Gasteiger partial charge in [0.25, 0.3) is 0 Å². The Bertz CT molecular complexity index is 1340. The average Bonchev–Trinajstić information content (AvgIpc) is 3.33. The summed E-state index contributed by atoms with van der Waals surface area (Å²) in [7, 11) is 11.2. The van der Waals surface area contributed by atoms with Gasteiger partial charge in [-0.1, -0.05) is 29.4 Å². The second-order valence-electron chi connectivity index (χ2n) is 9.69. The van der Waals surface area contributed by atoms with E-state index in [-0.39, 0.29) is 18.8 Å². The normalized spacial score (nSPS) is 16.7. The molecule has 1 fully saturated rings. The van der Waals surface area contributed by atoms with Gasteiger partial charge in [-0.05, 0) is 49.8 Å². The van der Waals surface area contributed by atoms with Crippen molar-refractivity contribution >= 4 is 26.7 Å². The van der Waals surface area contributed by atoms with Gasteiger partial charge in [0, 0.05) is 53.9 Å². The van der Waals surface area contributed by atoms with E-state index >= 15 is 0 Å². The summed E-state index contributed by atoms with van der Waals surface area (Å²) in [5, 5.41) is 12.0. The highest BCUT2D eigenvalue weighted by Gasteiger charge is 2.35. The molecule has 35 heavy (non-hydrogen) atoms. The second-order valence-corrected chi connectivity index (χ2v) is 9.69. The Morgan fingerprint density at radius 3 is 2.43 bits per heavy atom. The van der Waals surface area contributed by atoms with Crippen LogP contribution >= 0.6 is 0 Å². The van der Waals surface area contributed by atoms with Gasteiger partial charge in [-0.25, -0.2) is 8.78 Å². The summed E-state index contributed by atoms with van der Waals surface area (Å²) in [6.07, 6.45) is 4.65. The number of halogens is 2. The van der Waals surface area contributed by atoms with Crippen LogP contribution in [-0.4, -0.2) is 41.4 Å². The molecule has 1 aliphatic carbocycles. The maximum absolute atomic E-state index is 13.7. The van der Waals surface area contributed by atoms with Crippen molar-refractivity contribution in [1.82, 2.24) is 14.7 Å². The van der Waals surface area contributed by atoms with Crippen molar-refractivity contribution in [2.45, 2.75) is 57.4 Å². The number of hydrogen-bond donors (Lipinski definition) is 1. The number of nitrogens with zero attached hydrogens (tertiary/aromatic N) is 3. The van der Waals surface area contributed by atoms with Crippen molar-refractivity contribution in [3.05, 3.63) is 59.7 Å². The Kier molecular flexibility index (Phi) is 5.86. The van der Waals surface area contributed by atoms with Crippen LogP contribution in [0.25, 0.3) is 33.3 Å². The molecule has 0 amide bonds. The zero-order valence-corrected chi connectivity index (χ0v) is 19.8. The van der Waals surface area contributed by atoms with Crippen LogP contribution in [0.2, 0.25) is 0 Å². The van der Waals surface area contributed by atoms with E-state index in [4.69, 9.17) is 25.2 Å². The Hall–Kier alpha value is -2.93. The Morgan fingerprint density at radius 1 is 1.14 bits per heavy atom. The molecule has 3 heterocycles. The molecule has 0 aliphatic heterocycles. The Balaban J connectivity index is 1.58. The standard InChI is InChI=1S/C26H25B2F2N3O2/c1-15-23(16(2)35-32-15)19-11-22-24(31-12-19)21(18-3-5-20(6-4-18)26(27,28)34)14-33(22)13-17-7-9-25(29,30)10-8-17/h3-6,11-12,14,17,34H,7-10,13H2,1-2H3. The van der Waals surface area contributed by atoms with E-state index < -0.39 is 11.3 Å². The third-order valence-electron chi connectivity index (χ3n) is 6.99. The van der Waals surface area contributed by atoms with Gasteiger partial charge in [0.1, 0.15) is 21.5 Å². The highest BCUT2D eigenvalue weighted by Crippen LogP contribution is 2.39. The van der Waals surface area contributed by atoms with Gasteiger partial charge in [-0.3, -0.25) is 4.98 Å². The zero-order chi connectivity index (χ0) is 25.0. The van der Waals surface area contributed by atoms with Gasteiger partial charge < -0.3 is 14.2 Å². The highest BCUT2D eigenvalue weighted by atomic mass is 19.3. The first kappa shape index (κ1) is 23.8. The number of rotatable bonds is 5. The number of hydrogen-bond acceptors (Lipinski definition) is 4. The predicted molar refractivity (Wildman–Crippen MR) is 132 cm³/mol. The zero-order valence-electron chi connectivity index (χ0n) is 19.8. The van der Waals surface area contributed by atoms with Crippen molar-refractivity contribution in [1.29, 1.82) is 0 Å². The molecule has 0 bridgehead atoms. The molecular formula is C26H25B2F2N3O2. The van der Waals surface area contributed by atoms with Crippen molar-refractivity contribution in [3.8, 4) is 22.3 Å². The molecule has 0 spiro atoms. The summed E-state index contributed by atoms with van der Waals surface area (Å²) in [5.41, 5.74) is 6.45. The predicted octanol–water partition coefficient (Wildman–Crippen LogP) is 5.24. The largest absolute Gasteiger partial charge is 0.405 e. The minimum atomic E-state index is -2.56. The highest BCUT2D eigenvalue weighted by molar-refractivity contribution is 6.38. The van der Waals surface area contributed by atoms with Crippen LogP contribution in [0.3, 0.4) is 0 Å². The first-order valence-corrected chi connectivity index (χ1v) is 11.7. The van der Waals surface area contributed by atoms with Crippen molar-refractivity contribution < 1.29 is 18.4 Å². The first-order valence-electron chi connectivity index (χ1n) is 11.7. The van der Waals surface area contributed by atoms with E-state index in [1.165, 1.54) is 0 Å². The molecule has 4 aromatic rings. The quantitative estimate of drug-likeness (QED) is 0.405. The van der Waals surface area contributed by atoms with E-state index in [0.29, 0.717) is 30.7 Å². The third kappa shape index (κ3) is 4.66. The van der Waals surface area contributed by atoms with Gasteiger partial charge in [0.2, 0.25) is 5.92 Å². The molecule has 1 saturated carbocycles. The van der Waals surface area contributed by atoms with Gasteiger partial charge in [-0.2, -0.15) is 0 Å². The topological polar surface area (TPSA) is 64.1 Å². The summed E-state index contributed by atoms with van der Waals surface area (Å²) in [6, 6.07) is 9.09. The molecule has 1 aliphatic rings. The van der Waals surface area contributed by atoms with Gasteiger partial charge in [0.15, 0.2) is 0 Å². The van der Waals surface area contributed by atoms with Crippen LogP contribution in [0.4, 0.5) is 8.78 Å². The molecule has 0 unspecified atom stereocenters. The minimum absolute atomic E-state index is 0.0746. The fourth-order valence-electron chi connectivity index (χ4n) is 5.04. The lowest BCUT2D eigenvalue weighted by atomic mass is 9.61. The molecule has 1 aromatic carbocycles. The molecule has 9 heteroatoms. The summed E-state index contributed by atoms with van der Waals surface area (Å²) in [4.78, 5) is 4.79. The number of aliphatic hydroxyl groups is 1. The fraction of sp³-hybridized carbons (Fsp3) is 0.385. The van der Waals surface area contributed by atoms with Gasteiger partial charge in [-0.15, -0.1) is 0 Å². The maximum atomic E-state index is 13.7. The van der Waals surface area contributed by atoms with E-state index in [9.17, 15) is 13.9 Å². The molecule has 5 rings (SSSR count). The molecule has 0 saturated heterocycles. The van der Waals surface area contributed by atoms with E-state index in [1.54, 1.807) is 18.3 Å².